The molecule has 1 saturated heterocycles. The van der Waals surface area contributed by atoms with Gasteiger partial charge in [0, 0.05) is 26.2 Å². The summed E-state index contributed by atoms with van der Waals surface area (Å²) in [4.78, 5) is 14.6. The summed E-state index contributed by atoms with van der Waals surface area (Å²) >= 11 is 1.38. The Kier molecular flexibility index (Phi) is 4.20. The van der Waals surface area contributed by atoms with Gasteiger partial charge in [-0.05, 0) is 25.3 Å². The fraction of sp³-hybridized carbons (Fsp3) is 0.538. The van der Waals surface area contributed by atoms with Crippen molar-refractivity contribution in [3.63, 3.8) is 0 Å². The third kappa shape index (κ3) is 2.95. The molecular formula is C13H18N4OS. The molecule has 0 radical (unpaired) electrons. The van der Waals surface area contributed by atoms with Gasteiger partial charge in [-0.3, -0.25) is 9.69 Å². The number of nitriles is 1. The average molecular weight is 278 g/mol. The van der Waals surface area contributed by atoms with Gasteiger partial charge in [0.25, 0.3) is 0 Å². The van der Waals surface area contributed by atoms with E-state index < -0.39 is 5.54 Å². The van der Waals surface area contributed by atoms with E-state index in [1.807, 2.05) is 19.2 Å². The highest BCUT2D eigenvalue weighted by Gasteiger charge is 2.35. The maximum Gasteiger partial charge on any atom is 0.244 e. The highest BCUT2D eigenvalue weighted by atomic mass is 32.1. The molecule has 0 saturated carbocycles. The van der Waals surface area contributed by atoms with Gasteiger partial charge in [0.2, 0.25) is 5.91 Å². The number of hydrogen-bond acceptors (Lipinski definition) is 5. The van der Waals surface area contributed by atoms with Gasteiger partial charge in [0.1, 0.15) is 11.1 Å². The third-order valence-corrected chi connectivity index (χ3v) is 4.31. The summed E-state index contributed by atoms with van der Waals surface area (Å²) in [5.41, 5.74) is -0.0480. The van der Waals surface area contributed by atoms with Crippen LogP contribution in [0.2, 0.25) is 0 Å². The first kappa shape index (κ1) is 14.0. The van der Waals surface area contributed by atoms with Crippen molar-refractivity contribution in [1.29, 1.82) is 5.26 Å². The van der Waals surface area contributed by atoms with Gasteiger partial charge in [-0.1, -0.05) is 0 Å². The summed E-state index contributed by atoms with van der Waals surface area (Å²) < 4.78 is 0. The standard InChI is InChI=1S/C13H18N4OS/c1-13(2,17-6-4-15-5-7-17)12(18)16-11-10(9-14)3-8-19-11/h3,8,15H,4-7H2,1-2H3,(H,16,18). The Balaban J connectivity index is 2.08. The second kappa shape index (κ2) is 5.70. The molecule has 1 aromatic rings. The van der Waals surface area contributed by atoms with E-state index in [0.717, 1.165) is 26.2 Å². The van der Waals surface area contributed by atoms with Gasteiger partial charge < -0.3 is 10.6 Å². The van der Waals surface area contributed by atoms with Crippen LogP contribution in [0.4, 0.5) is 5.00 Å². The molecule has 2 heterocycles. The number of nitrogens with zero attached hydrogens (tertiary/aromatic N) is 2. The lowest BCUT2D eigenvalue weighted by Crippen LogP contribution is -2.58. The van der Waals surface area contributed by atoms with Crippen LogP contribution in [0.5, 0.6) is 0 Å². The first-order chi connectivity index (χ1) is 9.05. The van der Waals surface area contributed by atoms with Crippen LogP contribution in [0.3, 0.4) is 0 Å². The minimum absolute atomic E-state index is 0.0617. The molecule has 6 heteroatoms. The number of rotatable bonds is 3. The van der Waals surface area contributed by atoms with E-state index >= 15 is 0 Å². The van der Waals surface area contributed by atoms with Gasteiger partial charge in [0.15, 0.2) is 0 Å². The Bertz CT molecular complexity index is 497. The van der Waals surface area contributed by atoms with Gasteiger partial charge in [-0.2, -0.15) is 5.26 Å². The summed E-state index contributed by atoms with van der Waals surface area (Å²) in [6.07, 6.45) is 0. The van der Waals surface area contributed by atoms with Crippen LogP contribution < -0.4 is 10.6 Å². The molecule has 19 heavy (non-hydrogen) atoms. The van der Waals surface area contributed by atoms with Crippen molar-refractivity contribution in [3.05, 3.63) is 17.0 Å². The largest absolute Gasteiger partial charge is 0.315 e. The summed E-state index contributed by atoms with van der Waals surface area (Å²) in [7, 11) is 0. The molecule has 1 aliphatic rings. The molecular weight excluding hydrogens is 260 g/mol. The van der Waals surface area contributed by atoms with Crippen molar-refractivity contribution < 1.29 is 4.79 Å². The quantitative estimate of drug-likeness (QED) is 0.873. The maximum atomic E-state index is 12.4. The molecule has 0 unspecified atom stereocenters. The zero-order valence-corrected chi connectivity index (χ0v) is 12.0. The number of piperazine rings is 1. The van der Waals surface area contributed by atoms with Gasteiger partial charge in [-0.15, -0.1) is 11.3 Å². The Labute approximate surface area is 117 Å². The predicted octanol–water partition coefficient (Wildman–Crippen LogP) is 1.24. The zero-order valence-electron chi connectivity index (χ0n) is 11.2. The number of amides is 1. The van der Waals surface area contributed by atoms with Crippen molar-refractivity contribution in [2.24, 2.45) is 0 Å². The Hall–Kier alpha value is -1.42. The topological polar surface area (TPSA) is 68.2 Å². The number of carbonyl (C=O) groups excluding carboxylic acids is 1. The third-order valence-electron chi connectivity index (χ3n) is 3.48. The molecule has 0 atom stereocenters. The highest BCUT2D eigenvalue weighted by molar-refractivity contribution is 7.14. The van der Waals surface area contributed by atoms with Crippen LogP contribution >= 0.6 is 11.3 Å². The van der Waals surface area contributed by atoms with Gasteiger partial charge in [-0.25, -0.2) is 0 Å². The van der Waals surface area contributed by atoms with Gasteiger partial charge >= 0.3 is 0 Å². The fourth-order valence-corrected chi connectivity index (χ4v) is 2.85. The van der Waals surface area contributed by atoms with E-state index in [2.05, 4.69) is 21.6 Å². The average Bonchev–Trinajstić information content (AvgIpc) is 2.87. The lowest BCUT2D eigenvalue weighted by atomic mass is 10.0. The van der Waals surface area contributed by atoms with Crippen molar-refractivity contribution in [3.8, 4) is 6.07 Å². The van der Waals surface area contributed by atoms with E-state index in [1.165, 1.54) is 11.3 Å². The number of carbonyl (C=O) groups is 1. The van der Waals surface area contributed by atoms with Crippen molar-refractivity contribution in [2.75, 3.05) is 31.5 Å². The Morgan fingerprint density at radius 3 is 2.84 bits per heavy atom. The first-order valence-electron chi connectivity index (χ1n) is 6.30. The molecule has 1 fully saturated rings. The van der Waals surface area contributed by atoms with Crippen LogP contribution in [0.15, 0.2) is 11.4 Å². The second-order valence-electron chi connectivity index (χ2n) is 5.03. The summed E-state index contributed by atoms with van der Waals surface area (Å²) in [5.74, 6) is -0.0617. The molecule has 0 aromatic carbocycles. The molecule has 1 amide bonds. The SMILES string of the molecule is CC(C)(C(=O)Nc1sccc1C#N)N1CCNCC1. The summed E-state index contributed by atoms with van der Waals surface area (Å²) in [6, 6.07) is 3.80. The predicted molar refractivity (Wildman–Crippen MR) is 76.2 cm³/mol. The minimum atomic E-state index is -0.571. The molecule has 2 N–H and O–H groups in total. The van der Waals surface area contributed by atoms with Crippen LogP contribution in [-0.4, -0.2) is 42.5 Å². The van der Waals surface area contributed by atoms with E-state index in [0.29, 0.717) is 10.6 Å². The summed E-state index contributed by atoms with van der Waals surface area (Å²) in [5, 5.41) is 17.6. The van der Waals surface area contributed by atoms with Crippen LogP contribution in [0, 0.1) is 11.3 Å². The molecule has 0 spiro atoms. The van der Waals surface area contributed by atoms with Crippen LogP contribution in [0.25, 0.3) is 0 Å². The molecule has 102 valence electrons. The van der Waals surface area contributed by atoms with Crippen LogP contribution in [0.1, 0.15) is 19.4 Å². The zero-order chi connectivity index (χ0) is 13.9. The van der Waals surface area contributed by atoms with Crippen LogP contribution in [-0.2, 0) is 4.79 Å². The van der Waals surface area contributed by atoms with E-state index in [4.69, 9.17) is 5.26 Å². The normalized spacial score (nSPS) is 16.9. The molecule has 0 aliphatic carbocycles. The molecule has 2 rings (SSSR count). The second-order valence-corrected chi connectivity index (χ2v) is 5.94. The lowest BCUT2D eigenvalue weighted by molar-refractivity contribution is -0.126. The van der Waals surface area contributed by atoms with E-state index in [9.17, 15) is 4.79 Å². The monoisotopic (exact) mass is 278 g/mol. The van der Waals surface area contributed by atoms with Gasteiger partial charge in [0.05, 0.1) is 11.1 Å². The fourth-order valence-electron chi connectivity index (χ4n) is 2.12. The number of anilines is 1. The highest BCUT2D eigenvalue weighted by Crippen LogP contribution is 2.25. The Morgan fingerprint density at radius 1 is 1.53 bits per heavy atom. The molecule has 5 nitrogen and oxygen atoms in total. The first-order valence-corrected chi connectivity index (χ1v) is 7.18. The van der Waals surface area contributed by atoms with Crippen molar-refractivity contribution >= 4 is 22.2 Å². The molecule has 0 bridgehead atoms. The van der Waals surface area contributed by atoms with E-state index in [1.54, 1.807) is 6.07 Å². The smallest absolute Gasteiger partial charge is 0.244 e. The van der Waals surface area contributed by atoms with E-state index in [-0.39, 0.29) is 5.91 Å². The Morgan fingerprint density at radius 2 is 2.21 bits per heavy atom. The maximum absolute atomic E-state index is 12.4. The minimum Gasteiger partial charge on any atom is -0.315 e. The van der Waals surface area contributed by atoms with Crippen molar-refractivity contribution in [2.45, 2.75) is 19.4 Å². The van der Waals surface area contributed by atoms with Crippen molar-refractivity contribution in [1.82, 2.24) is 10.2 Å². The number of hydrogen-bond donors (Lipinski definition) is 2. The molecule has 1 aromatic heterocycles. The number of thiophene rings is 1. The number of nitrogens with one attached hydrogen (secondary N) is 2. The lowest BCUT2D eigenvalue weighted by Gasteiger charge is -2.39. The summed E-state index contributed by atoms with van der Waals surface area (Å²) in [6.45, 7) is 7.37. The molecule has 1 aliphatic heterocycles.